The van der Waals surface area contributed by atoms with Gasteiger partial charge in [0, 0.05) is 0 Å². The van der Waals surface area contributed by atoms with Gasteiger partial charge in [-0.25, -0.2) is 4.79 Å². The van der Waals surface area contributed by atoms with Gasteiger partial charge in [0.25, 0.3) is 5.91 Å². The van der Waals surface area contributed by atoms with Gasteiger partial charge in [0.2, 0.25) is 41.5 Å². The highest BCUT2D eigenvalue weighted by atomic mass is 16.6. The molecule has 1 aromatic rings. The fourth-order valence-electron chi connectivity index (χ4n) is 6.94. The van der Waals surface area contributed by atoms with E-state index < -0.39 is 115 Å². The van der Waals surface area contributed by atoms with Crippen molar-refractivity contribution in [2.45, 2.75) is 154 Å². The van der Waals surface area contributed by atoms with Crippen molar-refractivity contribution in [1.82, 2.24) is 37.2 Å². The third-order valence-corrected chi connectivity index (χ3v) is 10.3. The van der Waals surface area contributed by atoms with Crippen LogP contribution in [-0.4, -0.2) is 131 Å². The van der Waals surface area contributed by atoms with Gasteiger partial charge in [-0.05, 0) is 81.7 Å². The summed E-state index contributed by atoms with van der Waals surface area (Å²) in [6.45, 7) is 11.4. The highest BCUT2D eigenvalue weighted by Crippen LogP contribution is 2.15. The molecule has 360 valence electrons. The molecule has 1 aromatic carbocycles. The predicted octanol–water partition coefficient (Wildman–Crippen LogP) is -2.57. The summed E-state index contributed by atoms with van der Waals surface area (Å²) in [5, 5.41) is 39.6. The Kier molecular flexibility index (Phi) is 23.3. The lowest BCUT2D eigenvalue weighted by Crippen LogP contribution is -2.65. The maximum atomic E-state index is 13.9. The summed E-state index contributed by atoms with van der Waals surface area (Å²) in [7, 11) is 0. The summed E-state index contributed by atoms with van der Waals surface area (Å²) >= 11 is 0. The van der Waals surface area contributed by atoms with E-state index in [9.17, 15) is 48.6 Å². The first kappa shape index (κ1) is 54.9. The zero-order valence-corrected chi connectivity index (χ0v) is 38.1. The van der Waals surface area contributed by atoms with E-state index in [1.807, 2.05) is 58.0 Å². The van der Waals surface area contributed by atoms with Crippen molar-refractivity contribution in [1.29, 1.82) is 0 Å². The number of unbranched alkanes of at least 4 members (excludes halogenated alkanes) is 1. The fourth-order valence-corrected chi connectivity index (χ4v) is 6.94. The van der Waals surface area contributed by atoms with Crippen LogP contribution in [0.5, 0.6) is 0 Å². The summed E-state index contributed by atoms with van der Waals surface area (Å²) in [5.74, 6) is -7.68. The number of benzene rings is 1. The van der Waals surface area contributed by atoms with Crippen LogP contribution in [0.25, 0.3) is 0 Å². The van der Waals surface area contributed by atoms with Gasteiger partial charge in [0.1, 0.15) is 42.5 Å². The molecule has 0 aromatic heterocycles. The van der Waals surface area contributed by atoms with E-state index in [4.69, 9.17) is 21.9 Å². The molecule has 1 aliphatic rings. The minimum Gasteiger partial charge on any atom is -0.448 e. The van der Waals surface area contributed by atoms with Crippen molar-refractivity contribution >= 4 is 47.3 Å². The smallest absolute Gasteiger partial charge is 0.329 e. The van der Waals surface area contributed by atoms with Gasteiger partial charge in [-0.2, -0.15) is 0 Å². The van der Waals surface area contributed by atoms with E-state index in [1.165, 1.54) is 6.92 Å². The number of ether oxygens (including phenoxy) is 1. The summed E-state index contributed by atoms with van der Waals surface area (Å²) in [5.41, 5.74) is 18.4. The molecule has 21 nitrogen and oxygen atoms in total. The third kappa shape index (κ3) is 18.5. The molecule has 0 aliphatic carbocycles. The molecule has 1 saturated heterocycles. The number of esters is 1. The summed E-state index contributed by atoms with van der Waals surface area (Å²) in [4.78, 5) is 108. The molecule has 10 atom stereocenters. The fraction of sp³-hybridized carbons (Fsp3) is 0.674. The Hall–Kier alpha value is -5.22. The van der Waals surface area contributed by atoms with E-state index in [-0.39, 0.29) is 56.4 Å². The van der Waals surface area contributed by atoms with Crippen LogP contribution >= 0.6 is 0 Å². The second-order valence-corrected chi connectivity index (χ2v) is 17.6. The molecular formula is C43H72N10O11. The zero-order chi connectivity index (χ0) is 48.3. The maximum absolute atomic E-state index is 13.9. The number of rotatable bonds is 22. The van der Waals surface area contributed by atoms with E-state index in [1.54, 1.807) is 13.8 Å². The Morgan fingerprint density at radius 1 is 0.766 bits per heavy atom. The van der Waals surface area contributed by atoms with Gasteiger partial charge in [0.15, 0.2) is 0 Å². The largest absolute Gasteiger partial charge is 0.448 e. The number of cyclic esters (lactones) is 1. The lowest BCUT2D eigenvalue weighted by atomic mass is 10.00. The lowest BCUT2D eigenvalue weighted by Gasteiger charge is -2.33. The number of nitrogens with two attached hydrogens (primary N) is 3. The molecule has 64 heavy (non-hydrogen) atoms. The van der Waals surface area contributed by atoms with Crippen molar-refractivity contribution in [2.24, 2.45) is 35.0 Å². The second-order valence-electron chi connectivity index (χ2n) is 17.6. The lowest BCUT2D eigenvalue weighted by molar-refractivity contribution is -0.163. The number of carbonyl (C=O) groups is 8. The van der Waals surface area contributed by atoms with Gasteiger partial charge >= 0.3 is 5.97 Å². The summed E-state index contributed by atoms with van der Waals surface area (Å²) in [6.07, 6.45) is -2.73. The molecule has 1 aliphatic heterocycles. The summed E-state index contributed by atoms with van der Waals surface area (Å²) < 4.78 is 5.51. The first-order valence-corrected chi connectivity index (χ1v) is 21.9. The third-order valence-electron chi connectivity index (χ3n) is 10.3. The quantitative estimate of drug-likeness (QED) is 0.0421. The molecule has 1 fully saturated rings. The topological polar surface area (TPSA) is 349 Å². The average Bonchev–Trinajstić information content (AvgIpc) is 3.22. The van der Waals surface area contributed by atoms with Gasteiger partial charge in [-0.3, -0.25) is 38.9 Å². The number of carbonyl (C=O) groups excluding carboxylic acids is 8. The Balaban J connectivity index is 2.42. The van der Waals surface area contributed by atoms with Crippen molar-refractivity contribution in [2.75, 3.05) is 13.2 Å². The molecule has 15 N–H and O–H groups in total. The molecule has 2 unspecified atom stereocenters. The minimum absolute atomic E-state index is 0.0284. The Morgan fingerprint density at radius 2 is 1.33 bits per heavy atom. The van der Waals surface area contributed by atoms with Crippen LogP contribution in [0.4, 0.5) is 0 Å². The highest BCUT2D eigenvalue weighted by Gasteiger charge is 2.42. The average molecular weight is 905 g/mol. The number of primary amides is 1. The molecule has 0 bridgehead atoms. The zero-order valence-electron chi connectivity index (χ0n) is 38.1. The second kappa shape index (κ2) is 27.2. The Labute approximate surface area is 375 Å². The number of hydrogen-bond donors (Lipinski definition) is 12. The van der Waals surface area contributed by atoms with E-state index in [2.05, 4.69) is 37.2 Å². The molecular weight excluding hydrogens is 833 g/mol. The van der Waals surface area contributed by atoms with Crippen LogP contribution in [0.2, 0.25) is 0 Å². The van der Waals surface area contributed by atoms with Crippen LogP contribution in [0, 0.1) is 17.8 Å². The standard InChI is InChI=1S/C43H72N10O11/c1-22(2)17-29-40(60)51-31(19-24(5)6)43(63)64-34(35(46)55)33(42(62)47-25(7)36(56)49-29)53-41(61)32(21-54)52-38(58)28(15-11-12-16-44)48-39(59)30(18-23(3)4)50-37(57)27(45)20-26-13-9-8-10-14-26/h8-10,13-14,22-25,27-34,42,47,54,62H,11-12,15-21,44-45H2,1-7H3,(H2,46,55)(H,48,59)(H,49,56)(H,50,57)(H,51,60)(H,52,58)(H,53,61)/t25-,27-,28+,29-,30+,31-,32-,33?,34+,42?/m0/s1. The van der Waals surface area contributed by atoms with Gasteiger partial charge < -0.3 is 64.1 Å². The van der Waals surface area contributed by atoms with Crippen molar-refractivity contribution in [3.63, 3.8) is 0 Å². The number of hydrogen-bond acceptors (Lipinski definition) is 14. The first-order chi connectivity index (χ1) is 30.1. The van der Waals surface area contributed by atoms with Gasteiger partial charge in [0.05, 0.1) is 18.7 Å². The molecule has 2 rings (SSSR count). The minimum atomic E-state index is -2.12. The predicted molar refractivity (Wildman–Crippen MR) is 236 cm³/mol. The monoisotopic (exact) mass is 905 g/mol. The Morgan fingerprint density at radius 3 is 1.89 bits per heavy atom. The number of aliphatic hydroxyl groups is 2. The van der Waals surface area contributed by atoms with Crippen LogP contribution in [0.1, 0.15) is 92.6 Å². The maximum Gasteiger partial charge on any atom is 0.329 e. The van der Waals surface area contributed by atoms with E-state index in [0.29, 0.717) is 12.8 Å². The normalized spacial score (nSPS) is 22.9. The van der Waals surface area contributed by atoms with Crippen LogP contribution in [-0.2, 0) is 49.5 Å². The highest BCUT2D eigenvalue weighted by molar-refractivity contribution is 5.96. The number of nitrogens with one attached hydrogen (secondary N) is 7. The van der Waals surface area contributed by atoms with E-state index in [0.717, 1.165) is 5.56 Å². The first-order valence-electron chi connectivity index (χ1n) is 21.9. The van der Waals surface area contributed by atoms with Gasteiger partial charge in [-0.1, -0.05) is 71.9 Å². The van der Waals surface area contributed by atoms with Crippen molar-refractivity contribution < 1.29 is 53.3 Å². The SMILES string of the molecule is CC(C)C[C@@H]1NC(=O)[C@H](C)NC(O)C(NC(=O)[C@H](CO)NC(=O)[C@@H](CCCCN)NC(=O)[C@@H](CC(C)C)NC(=O)[C@@H](N)Cc2ccccc2)[C@H](C(N)=O)OC(=O)[C@H](CC(C)C)NC1=O. The van der Waals surface area contributed by atoms with Crippen molar-refractivity contribution in [3.05, 3.63) is 35.9 Å². The van der Waals surface area contributed by atoms with Crippen LogP contribution in [0.3, 0.4) is 0 Å². The van der Waals surface area contributed by atoms with Gasteiger partial charge in [-0.15, -0.1) is 0 Å². The summed E-state index contributed by atoms with van der Waals surface area (Å²) in [6, 6.07) is -1.79. The molecule has 21 heteroatoms. The molecule has 0 saturated carbocycles. The molecule has 1 heterocycles. The molecule has 0 radical (unpaired) electrons. The molecule has 0 spiro atoms. The molecule has 7 amide bonds. The van der Waals surface area contributed by atoms with Crippen LogP contribution < -0.4 is 54.4 Å². The van der Waals surface area contributed by atoms with E-state index >= 15 is 0 Å². The van der Waals surface area contributed by atoms with Crippen molar-refractivity contribution in [3.8, 4) is 0 Å². The Bertz CT molecular complexity index is 1720. The number of amides is 7. The number of aliphatic hydroxyl groups excluding tert-OH is 2. The van der Waals surface area contributed by atoms with Crippen LogP contribution in [0.15, 0.2) is 30.3 Å².